The van der Waals surface area contributed by atoms with Gasteiger partial charge in [0, 0.05) is 25.5 Å². The van der Waals surface area contributed by atoms with Gasteiger partial charge >= 0.3 is 0 Å². The number of nitrogens with one attached hydrogen (secondary N) is 1. The van der Waals surface area contributed by atoms with Gasteiger partial charge in [0.1, 0.15) is 11.6 Å². The Morgan fingerprint density at radius 3 is 1.43 bits per heavy atom. The Labute approximate surface area is 242 Å². The van der Waals surface area contributed by atoms with Crippen molar-refractivity contribution in [3.05, 3.63) is 35.4 Å². The zero-order valence-corrected chi connectivity index (χ0v) is 27.0. The third-order valence-electron chi connectivity index (χ3n) is 6.34. The molecular formula is C31H53N3O6. The molecule has 0 aromatic heterocycles. The number of hydrogen-bond acceptors (Lipinski definition) is 7. The number of likely N-dealkylation sites (N-methyl/N-ethyl adjacent to an activating group) is 2. The molecule has 9 nitrogen and oxygen atoms in total. The molecule has 0 aliphatic carbocycles. The smallest absolute Gasteiger partial charge is 0.254 e. The standard InChI is InChI=1S/C13H17NO2.C7H13NO2.C7H15NO.C4H8O/c1-9-5-7-12(8-6-9)13(16)14(4)10(2)11(3)15;1-4-7(10)8-5(2)6(3)9;1-5-8(4)6(2)7(3)9;1-3-4(2)5/h5-8,10H,1-4H3;5H,4H2,1-3H3,(H,8,10);6H,5H2,1-4H3;3H2,1-2H3. The van der Waals surface area contributed by atoms with E-state index in [0.29, 0.717) is 18.4 Å². The number of amides is 2. The highest BCUT2D eigenvalue weighted by Crippen LogP contribution is 2.08. The third kappa shape index (κ3) is 19.8. The monoisotopic (exact) mass is 563 g/mol. The molecule has 0 saturated carbocycles. The molecule has 0 bridgehead atoms. The summed E-state index contributed by atoms with van der Waals surface area (Å²) >= 11 is 0. The van der Waals surface area contributed by atoms with Crippen molar-refractivity contribution in [1.82, 2.24) is 15.1 Å². The molecule has 40 heavy (non-hydrogen) atoms. The van der Waals surface area contributed by atoms with Crippen LogP contribution in [0.3, 0.4) is 0 Å². The Bertz CT molecular complexity index is 943. The van der Waals surface area contributed by atoms with Crippen molar-refractivity contribution in [3.63, 3.8) is 0 Å². The summed E-state index contributed by atoms with van der Waals surface area (Å²) in [5.74, 6) is 0.263. The normalized spacial score (nSPS) is 11.9. The molecular weight excluding hydrogens is 510 g/mol. The van der Waals surface area contributed by atoms with Crippen LogP contribution in [0.25, 0.3) is 0 Å². The fourth-order valence-electron chi connectivity index (χ4n) is 2.38. The topological polar surface area (TPSA) is 121 Å². The zero-order valence-electron chi connectivity index (χ0n) is 27.0. The molecule has 3 atom stereocenters. The Morgan fingerprint density at radius 1 is 0.725 bits per heavy atom. The van der Waals surface area contributed by atoms with Crippen molar-refractivity contribution in [2.45, 2.75) is 107 Å². The highest BCUT2D eigenvalue weighted by Gasteiger charge is 2.20. The van der Waals surface area contributed by atoms with Crippen LogP contribution in [0, 0.1) is 6.92 Å². The third-order valence-corrected chi connectivity index (χ3v) is 6.34. The molecule has 0 spiro atoms. The first-order chi connectivity index (χ1) is 18.4. The first kappa shape index (κ1) is 41.3. The van der Waals surface area contributed by atoms with Crippen molar-refractivity contribution in [3.8, 4) is 0 Å². The highest BCUT2D eigenvalue weighted by atomic mass is 16.2. The second-order valence-electron chi connectivity index (χ2n) is 9.74. The SMILES string of the molecule is CC(=O)C(C)N(C)C(=O)c1ccc(C)cc1.CCC(=O)NC(C)C(C)=O.CCC(C)=O.CCN(C)C(C)C(C)=O. The van der Waals surface area contributed by atoms with Crippen molar-refractivity contribution in [2.75, 3.05) is 20.6 Å². The molecule has 1 aromatic rings. The van der Waals surface area contributed by atoms with E-state index in [9.17, 15) is 28.8 Å². The van der Waals surface area contributed by atoms with E-state index in [4.69, 9.17) is 0 Å². The molecule has 0 saturated heterocycles. The number of carbonyl (C=O) groups is 6. The maximum absolute atomic E-state index is 12.0. The lowest BCUT2D eigenvalue weighted by molar-refractivity contribution is -0.126. The number of ketones is 4. The van der Waals surface area contributed by atoms with Crippen LogP contribution in [-0.4, -0.2) is 83.5 Å². The second-order valence-corrected chi connectivity index (χ2v) is 9.74. The van der Waals surface area contributed by atoms with Crippen LogP contribution in [0.5, 0.6) is 0 Å². The van der Waals surface area contributed by atoms with Crippen LogP contribution in [0.15, 0.2) is 24.3 Å². The van der Waals surface area contributed by atoms with Crippen LogP contribution in [0.4, 0.5) is 0 Å². The number of Topliss-reactive ketones (excluding diaryl/α,β-unsaturated/α-hetero) is 4. The number of rotatable bonds is 10. The molecule has 1 aromatic carbocycles. The van der Waals surface area contributed by atoms with Gasteiger partial charge in [-0.15, -0.1) is 0 Å². The van der Waals surface area contributed by atoms with E-state index in [2.05, 4.69) is 5.32 Å². The summed E-state index contributed by atoms with van der Waals surface area (Å²) in [6.45, 7) is 20.0. The molecule has 0 heterocycles. The van der Waals surface area contributed by atoms with Gasteiger partial charge in [-0.25, -0.2) is 0 Å². The van der Waals surface area contributed by atoms with Gasteiger partial charge in [0.25, 0.3) is 5.91 Å². The second kappa shape index (κ2) is 22.6. The number of aryl methyl sites for hydroxylation is 1. The largest absolute Gasteiger partial charge is 0.347 e. The van der Waals surface area contributed by atoms with E-state index in [1.165, 1.54) is 18.7 Å². The first-order valence-corrected chi connectivity index (χ1v) is 13.7. The van der Waals surface area contributed by atoms with Crippen LogP contribution < -0.4 is 5.32 Å². The van der Waals surface area contributed by atoms with Gasteiger partial charge < -0.3 is 15.0 Å². The molecule has 2 amide bonds. The summed E-state index contributed by atoms with van der Waals surface area (Å²) in [4.78, 5) is 68.4. The Hall–Kier alpha value is -3.20. The van der Waals surface area contributed by atoms with Gasteiger partial charge in [-0.05, 0) is 81.1 Å². The van der Waals surface area contributed by atoms with E-state index in [-0.39, 0.29) is 53.1 Å². The maximum atomic E-state index is 12.0. The lowest BCUT2D eigenvalue weighted by Crippen LogP contribution is -2.39. The number of carbonyl (C=O) groups excluding carboxylic acids is 6. The van der Waals surface area contributed by atoms with Gasteiger partial charge in [-0.3, -0.25) is 28.9 Å². The minimum Gasteiger partial charge on any atom is -0.347 e. The Kier molecular flexibility index (Phi) is 23.3. The summed E-state index contributed by atoms with van der Waals surface area (Å²) in [5, 5.41) is 2.54. The van der Waals surface area contributed by atoms with Crippen molar-refractivity contribution >= 4 is 34.9 Å². The fourth-order valence-corrected chi connectivity index (χ4v) is 2.38. The molecule has 1 N–H and O–H groups in total. The quantitative estimate of drug-likeness (QED) is 0.447. The molecule has 0 fully saturated rings. The van der Waals surface area contributed by atoms with E-state index in [1.54, 1.807) is 53.8 Å². The van der Waals surface area contributed by atoms with Crippen molar-refractivity contribution in [2.24, 2.45) is 0 Å². The highest BCUT2D eigenvalue weighted by molar-refractivity contribution is 5.97. The summed E-state index contributed by atoms with van der Waals surface area (Å²) < 4.78 is 0. The molecule has 0 aliphatic heterocycles. The number of nitrogens with zero attached hydrogens (tertiary/aromatic N) is 2. The van der Waals surface area contributed by atoms with Gasteiger partial charge in [-0.2, -0.15) is 0 Å². The molecule has 3 unspecified atom stereocenters. The van der Waals surface area contributed by atoms with Crippen LogP contribution in [0.1, 0.15) is 98.0 Å². The molecule has 0 aliphatic rings. The summed E-state index contributed by atoms with van der Waals surface area (Å²) in [7, 11) is 3.60. The van der Waals surface area contributed by atoms with Gasteiger partial charge in [-0.1, -0.05) is 38.5 Å². The summed E-state index contributed by atoms with van der Waals surface area (Å²) in [5.41, 5.74) is 1.72. The number of hydrogen-bond donors (Lipinski definition) is 1. The van der Waals surface area contributed by atoms with Gasteiger partial charge in [0.15, 0.2) is 11.6 Å². The number of benzene rings is 1. The maximum Gasteiger partial charge on any atom is 0.254 e. The van der Waals surface area contributed by atoms with Crippen LogP contribution in [0.2, 0.25) is 0 Å². The zero-order chi connectivity index (χ0) is 32.2. The van der Waals surface area contributed by atoms with E-state index in [0.717, 1.165) is 12.1 Å². The summed E-state index contributed by atoms with van der Waals surface area (Å²) in [6, 6.07) is 6.69. The van der Waals surface area contributed by atoms with Gasteiger partial charge in [0.2, 0.25) is 5.91 Å². The predicted molar refractivity (Wildman–Crippen MR) is 161 cm³/mol. The van der Waals surface area contributed by atoms with Crippen LogP contribution >= 0.6 is 0 Å². The fraction of sp³-hybridized carbons (Fsp3) is 0.613. The van der Waals surface area contributed by atoms with E-state index in [1.807, 2.05) is 51.8 Å². The lowest BCUT2D eigenvalue weighted by atomic mass is 10.1. The average molecular weight is 564 g/mol. The van der Waals surface area contributed by atoms with Crippen LogP contribution in [-0.2, 0) is 24.0 Å². The van der Waals surface area contributed by atoms with Crippen molar-refractivity contribution < 1.29 is 28.8 Å². The first-order valence-electron chi connectivity index (χ1n) is 13.7. The predicted octanol–water partition coefficient (Wildman–Crippen LogP) is 4.44. The Balaban J connectivity index is -0.000000495. The molecule has 0 radical (unpaired) electrons. The van der Waals surface area contributed by atoms with E-state index < -0.39 is 0 Å². The summed E-state index contributed by atoms with van der Waals surface area (Å²) in [6.07, 6.45) is 1.09. The Morgan fingerprint density at radius 2 is 1.15 bits per heavy atom. The minimum absolute atomic E-state index is 0.0111. The lowest BCUT2D eigenvalue weighted by Gasteiger charge is -2.22. The average Bonchev–Trinajstić information content (AvgIpc) is 2.91. The molecule has 228 valence electrons. The van der Waals surface area contributed by atoms with E-state index >= 15 is 0 Å². The van der Waals surface area contributed by atoms with Crippen molar-refractivity contribution in [1.29, 1.82) is 0 Å². The molecule has 1 rings (SSSR count). The minimum atomic E-state index is -0.381. The molecule has 9 heteroatoms. The van der Waals surface area contributed by atoms with Gasteiger partial charge in [0.05, 0.1) is 18.1 Å².